The fourth-order valence-corrected chi connectivity index (χ4v) is 6.39. The molecule has 0 aliphatic rings. The van der Waals surface area contributed by atoms with Crippen LogP contribution in [0.15, 0.2) is 96.0 Å². The van der Waals surface area contributed by atoms with Crippen LogP contribution in [0, 0.1) is 5.82 Å². The van der Waals surface area contributed by atoms with Gasteiger partial charge in [-0.05, 0) is 90.4 Å². The summed E-state index contributed by atoms with van der Waals surface area (Å²) in [4.78, 5) is 84.7. The highest BCUT2D eigenvalue weighted by Gasteiger charge is 2.31. The smallest absolute Gasteiger partial charge is 0.322 e. The average molecular weight is 842 g/mol. The number of nitrogens with zero attached hydrogens (tertiary/aromatic N) is 2. The number of carboxylic acids is 1. The van der Waals surface area contributed by atoms with Crippen LogP contribution in [0.4, 0.5) is 4.39 Å². The molecule has 0 spiro atoms. The van der Waals surface area contributed by atoms with E-state index in [-0.39, 0.29) is 68.9 Å². The number of carbonyl (C=O) groups excluding carboxylic acids is 5. The van der Waals surface area contributed by atoms with Gasteiger partial charge < -0.3 is 53.6 Å². The van der Waals surface area contributed by atoms with Crippen molar-refractivity contribution in [3.63, 3.8) is 0 Å². The van der Waals surface area contributed by atoms with E-state index in [4.69, 9.17) is 17.2 Å². The van der Waals surface area contributed by atoms with Crippen molar-refractivity contribution >= 4 is 52.2 Å². The van der Waals surface area contributed by atoms with E-state index in [0.29, 0.717) is 11.1 Å². The Labute approximate surface area is 351 Å². The van der Waals surface area contributed by atoms with Crippen LogP contribution < -0.4 is 38.5 Å². The molecule has 0 saturated heterocycles. The van der Waals surface area contributed by atoms with E-state index >= 15 is 0 Å². The summed E-state index contributed by atoms with van der Waals surface area (Å²) in [5, 5.41) is 31.1. The maximum absolute atomic E-state index is 14.1. The van der Waals surface area contributed by atoms with Gasteiger partial charge in [0.1, 0.15) is 36.2 Å². The van der Waals surface area contributed by atoms with Gasteiger partial charge >= 0.3 is 5.97 Å². The van der Waals surface area contributed by atoms with Gasteiger partial charge in [0.2, 0.25) is 23.6 Å². The Morgan fingerprint density at radius 2 is 1.31 bits per heavy atom. The molecule has 0 radical (unpaired) electrons. The molecular formula is C43H52FN9O8. The maximum atomic E-state index is 14.1. The van der Waals surface area contributed by atoms with E-state index in [0.717, 1.165) is 22.9 Å². The minimum Gasteiger partial charge on any atom is -0.508 e. The number of hydrogen-bond donors (Lipinski definition) is 9. The number of phenolic OH excluding ortho intramolecular Hbond substituents is 1. The number of phenols is 1. The van der Waals surface area contributed by atoms with E-state index in [2.05, 4.69) is 26.3 Å². The third kappa shape index (κ3) is 15.2. The molecule has 0 aliphatic carbocycles. The molecule has 18 heteroatoms. The lowest BCUT2D eigenvalue weighted by Gasteiger charge is -2.26. The van der Waals surface area contributed by atoms with Gasteiger partial charge in [0.05, 0.1) is 6.04 Å². The number of fused-ring (bicyclic) bond motifs is 1. The fourth-order valence-electron chi connectivity index (χ4n) is 6.39. The second-order valence-electron chi connectivity index (χ2n) is 14.5. The summed E-state index contributed by atoms with van der Waals surface area (Å²) >= 11 is 0. The van der Waals surface area contributed by atoms with Gasteiger partial charge in [-0.3, -0.25) is 33.8 Å². The molecule has 61 heavy (non-hydrogen) atoms. The monoisotopic (exact) mass is 841 g/mol. The number of carbonyl (C=O) groups is 6. The Hall–Kier alpha value is -7.08. The van der Waals surface area contributed by atoms with Crippen LogP contribution in [0.3, 0.4) is 0 Å². The fraction of sp³-hybridized carbons (Fsp3) is 0.326. The number of guanidine groups is 1. The molecular weight excluding hydrogens is 790 g/mol. The Balaban J connectivity index is 1.56. The van der Waals surface area contributed by atoms with E-state index in [1.54, 1.807) is 18.2 Å². The van der Waals surface area contributed by atoms with Crippen LogP contribution in [0.2, 0.25) is 0 Å². The molecule has 0 bridgehead atoms. The summed E-state index contributed by atoms with van der Waals surface area (Å²) in [6, 6.07) is 19.2. The number of aromatic hydroxyl groups is 1. The summed E-state index contributed by atoms with van der Waals surface area (Å²) in [5.41, 5.74) is 18.8. The van der Waals surface area contributed by atoms with Crippen molar-refractivity contribution in [2.24, 2.45) is 22.2 Å². The molecule has 4 rings (SSSR count). The highest BCUT2D eigenvalue weighted by atomic mass is 19.1. The zero-order valence-corrected chi connectivity index (χ0v) is 33.7. The van der Waals surface area contributed by atoms with Crippen LogP contribution >= 0.6 is 0 Å². The van der Waals surface area contributed by atoms with Crippen molar-refractivity contribution in [2.75, 3.05) is 26.7 Å². The standard InChI is InChI=1S/C43H52FN9O8/c1-53(42(61)29-14-16-31(44)17-15-29)21-5-9-35(50-38(57)33(45)23-26-11-18-32(54)19-12-26)40(59)51-34(8-4-20-48-43(46)47)41(60)52-36(39(58)49-25-37(55)56)24-27-10-13-28-6-2-3-7-30(28)22-27/h2-3,6-7,10-19,22,33-36,54H,4-5,8-9,20-21,23-25,45H2,1H3,(H,49,58)(H,50,57)(H,51,59)(H,52,60)(H,55,56)(H4,46,47,48)/t33-,34+,35-,36+/m1/s1. The number of nitrogens with two attached hydrogens (primary N) is 3. The summed E-state index contributed by atoms with van der Waals surface area (Å²) in [5.74, 6) is -5.39. The molecule has 4 atom stereocenters. The molecule has 17 nitrogen and oxygen atoms in total. The lowest BCUT2D eigenvalue weighted by molar-refractivity contribution is -0.138. The predicted octanol–water partition coefficient (Wildman–Crippen LogP) is 1.06. The third-order valence-corrected chi connectivity index (χ3v) is 9.66. The number of hydrogen-bond acceptors (Lipinski definition) is 9. The Kier molecular flexibility index (Phi) is 17.5. The summed E-state index contributed by atoms with van der Waals surface area (Å²) in [6.07, 6.45) is 0.376. The van der Waals surface area contributed by atoms with Gasteiger partial charge in [-0.25, -0.2) is 4.39 Å². The Morgan fingerprint density at radius 3 is 1.95 bits per heavy atom. The molecule has 4 aromatic rings. The number of amides is 5. The van der Waals surface area contributed by atoms with Gasteiger partial charge in [-0.2, -0.15) is 0 Å². The number of carboxylic acid groups (broad SMARTS) is 1. The lowest BCUT2D eigenvalue weighted by Crippen LogP contribution is -2.58. The Morgan fingerprint density at radius 1 is 0.721 bits per heavy atom. The summed E-state index contributed by atoms with van der Waals surface area (Å²) in [7, 11) is 1.53. The van der Waals surface area contributed by atoms with Crippen LogP contribution in [0.25, 0.3) is 10.8 Å². The largest absolute Gasteiger partial charge is 0.508 e. The van der Waals surface area contributed by atoms with E-state index in [9.17, 15) is 43.4 Å². The third-order valence-electron chi connectivity index (χ3n) is 9.66. The van der Waals surface area contributed by atoms with Crippen molar-refractivity contribution in [1.82, 2.24) is 26.2 Å². The zero-order chi connectivity index (χ0) is 44.5. The van der Waals surface area contributed by atoms with Crippen LogP contribution in [-0.4, -0.2) is 107 Å². The van der Waals surface area contributed by atoms with Crippen molar-refractivity contribution in [2.45, 2.75) is 62.7 Å². The normalized spacial score (nSPS) is 12.8. The Bertz CT molecular complexity index is 2180. The predicted molar refractivity (Wildman–Crippen MR) is 226 cm³/mol. The molecule has 0 heterocycles. The SMILES string of the molecule is CN(CCC[C@@H](NC(=O)[C@H](N)Cc1ccc(O)cc1)C(=O)N[C@@H](CCCN=C(N)N)C(=O)N[C@@H](Cc1ccc2ccccc2c1)C(=O)NCC(=O)O)C(=O)c1ccc(F)cc1. The molecule has 0 aromatic heterocycles. The van der Waals surface area contributed by atoms with Gasteiger partial charge in [0.15, 0.2) is 5.96 Å². The molecule has 12 N–H and O–H groups in total. The van der Waals surface area contributed by atoms with E-state index in [1.165, 1.54) is 36.2 Å². The lowest BCUT2D eigenvalue weighted by atomic mass is 10.0. The second kappa shape index (κ2) is 22.9. The number of rotatable bonds is 22. The number of aliphatic imine (C=N–C) groups is 1. The van der Waals surface area contributed by atoms with Gasteiger partial charge in [-0.1, -0.05) is 54.6 Å². The maximum Gasteiger partial charge on any atom is 0.322 e. The van der Waals surface area contributed by atoms with E-state index in [1.807, 2.05) is 36.4 Å². The number of aliphatic carboxylic acids is 1. The minimum atomic E-state index is -1.30. The second-order valence-corrected chi connectivity index (χ2v) is 14.5. The first-order valence-corrected chi connectivity index (χ1v) is 19.6. The van der Waals surface area contributed by atoms with Crippen LogP contribution in [0.5, 0.6) is 5.75 Å². The van der Waals surface area contributed by atoms with Crippen molar-refractivity contribution < 1.29 is 43.4 Å². The highest BCUT2D eigenvalue weighted by Crippen LogP contribution is 2.18. The number of nitrogens with one attached hydrogen (secondary N) is 4. The molecule has 0 aliphatic heterocycles. The van der Waals surface area contributed by atoms with Gasteiger partial charge in [0, 0.05) is 32.1 Å². The first kappa shape index (κ1) is 46.6. The number of benzene rings is 4. The molecule has 5 amide bonds. The molecule has 4 aromatic carbocycles. The van der Waals surface area contributed by atoms with Crippen LogP contribution in [0.1, 0.15) is 47.2 Å². The van der Waals surface area contributed by atoms with Crippen molar-refractivity contribution in [1.29, 1.82) is 0 Å². The first-order valence-electron chi connectivity index (χ1n) is 19.6. The molecule has 0 fully saturated rings. The zero-order valence-electron chi connectivity index (χ0n) is 33.7. The summed E-state index contributed by atoms with van der Waals surface area (Å²) < 4.78 is 13.5. The molecule has 324 valence electrons. The van der Waals surface area contributed by atoms with Crippen molar-refractivity contribution in [3.8, 4) is 5.75 Å². The van der Waals surface area contributed by atoms with Gasteiger partial charge in [0.25, 0.3) is 5.91 Å². The summed E-state index contributed by atoms with van der Waals surface area (Å²) in [6.45, 7) is -0.495. The quantitative estimate of drug-likeness (QED) is 0.0306. The number of halogens is 1. The minimum absolute atomic E-state index is 0.0188. The average Bonchev–Trinajstić information content (AvgIpc) is 3.23. The van der Waals surface area contributed by atoms with Gasteiger partial charge in [-0.15, -0.1) is 0 Å². The topological polar surface area (TPSA) is 285 Å². The van der Waals surface area contributed by atoms with Crippen molar-refractivity contribution in [3.05, 3.63) is 114 Å². The molecule has 0 saturated carbocycles. The first-order chi connectivity index (χ1) is 29.1. The molecule has 0 unspecified atom stereocenters. The highest BCUT2D eigenvalue weighted by molar-refractivity contribution is 5.96. The van der Waals surface area contributed by atoms with Crippen LogP contribution in [-0.2, 0) is 36.8 Å². The van der Waals surface area contributed by atoms with E-state index < -0.39 is 72.0 Å².